The second-order valence-corrected chi connectivity index (χ2v) is 7.24. The number of fused-ring (bicyclic) bond motifs is 1. The zero-order chi connectivity index (χ0) is 23.8. The summed E-state index contributed by atoms with van der Waals surface area (Å²) in [5.41, 5.74) is 2.57. The van der Waals surface area contributed by atoms with Crippen LogP contribution in [-0.2, 0) is 5.54 Å². The molecule has 152 valence electrons. The van der Waals surface area contributed by atoms with Crippen molar-refractivity contribution in [2.75, 3.05) is 7.04 Å². The van der Waals surface area contributed by atoms with Gasteiger partial charge in [-0.1, -0.05) is 91.0 Å². The quantitative estimate of drug-likeness (QED) is 0.243. The van der Waals surface area contributed by atoms with Crippen molar-refractivity contribution in [3.05, 3.63) is 131 Å². The van der Waals surface area contributed by atoms with E-state index in [1.165, 1.54) is 6.20 Å². The zero-order valence-electron chi connectivity index (χ0n) is 19.6. The second kappa shape index (κ2) is 7.61. The Morgan fingerprint density at radius 3 is 1.87 bits per heavy atom. The summed E-state index contributed by atoms with van der Waals surface area (Å²) >= 11 is 0. The van der Waals surface area contributed by atoms with Crippen molar-refractivity contribution in [1.29, 1.82) is 0 Å². The third-order valence-corrected chi connectivity index (χ3v) is 5.56. The molecule has 5 nitrogen and oxygen atoms in total. The molecule has 2 aromatic heterocycles. The van der Waals surface area contributed by atoms with Crippen LogP contribution >= 0.6 is 0 Å². The van der Waals surface area contributed by atoms with Crippen LogP contribution in [-0.4, -0.2) is 16.8 Å². The molecule has 0 radical (unpaired) electrons. The lowest BCUT2D eigenvalue weighted by molar-refractivity contribution is -0.577. The normalized spacial score (nSPS) is 13.4. The number of hydrogen-bond acceptors (Lipinski definition) is 3. The first-order chi connectivity index (χ1) is 16.4. The molecule has 5 rings (SSSR count). The molecule has 0 N–H and O–H groups in total. The van der Waals surface area contributed by atoms with Gasteiger partial charge in [-0.25, -0.2) is 4.68 Å². The molecule has 0 aliphatic carbocycles. The Bertz CT molecular complexity index is 1320. The maximum atomic E-state index is 12.8. The summed E-state index contributed by atoms with van der Waals surface area (Å²) in [6, 6.07) is 31.2. The molecular weight excluding hydrogens is 386 g/mol. The average molecular weight is 410 g/mol. The maximum Gasteiger partial charge on any atom is 0.262 e. The lowest BCUT2D eigenvalue weighted by atomic mass is 9.77. The highest BCUT2D eigenvalue weighted by atomic mass is 16.5. The molecule has 0 bridgehead atoms. The highest BCUT2D eigenvalue weighted by Gasteiger charge is 2.41. The van der Waals surface area contributed by atoms with Crippen molar-refractivity contribution in [3.63, 3.8) is 0 Å². The number of hydrogen-bond donors (Lipinski definition) is 0. The third kappa shape index (κ3) is 2.94. The standard InChI is InChI=1S/C26H21N3O2/c1-31-23-17-24-25(28(30)19-23)18-27-29(24)26(20-11-5-2-6-12-20,21-13-7-3-8-14-21)22-15-9-4-10-16-22/h2-19H,1H3/i1D3. The van der Waals surface area contributed by atoms with Crippen LogP contribution in [0.25, 0.3) is 11.0 Å². The Labute approximate surface area is 184 Å². The van der Waals surface area contributed by atoms with Crippen LogP contribution in [0, 0.1) is 5.21 Å². The van der Waals surface area contributed by atoms with Gasteiger partial charge in [0.05, 0.1) is 11.2 Å². The molecule has 0 aliphatic heterocycles. The largest absolute Gasteiger partial charge is 0.618 e. The molecule has 0 amide bonds. The maximum absolute atomic E-state index is 12.8. The molecule has 0 spiro atoms. The van der Waals surface area contributed by atoms with Gasteiger partial charge in [-0.2, -0.15) is 9.83 Å². The van der Waals surface area contributed by atoms with Crippen molar-refractivity contribution >= 4 is 11.0 Å². The van der Waals surface area contributed by atoms with E-state index in [0.29, 0.717) is 15.8 Å². The number of pyridine rings is 1. The summed E-state index contributed by atoms with van der Waals surface area (Å²) in [6.45, 7) is 0. The Morgan fingerprint density at radius 1 is 0.871 bits per heavy atom. The van der Waals surface area contributed by atoms with E-state index < -0.39 is 12.6 Å². The van der Waals surface area contributed by atoms with E-state index in [9.17, 15) is 5.21 Å². The number of benzene rings is 3. The summed E-state index contributed by atoms with van der Waals surface area (Å²) < 4.78 is 29.8. The van der Waals surface area contributed by atoms with Gasteiger partial charge >= 0.3 is 0 Å². The van der Waals surface area contributed by atoms with Crippen LogP contribution in [0.4, 0.5) is 0 Å². The Kier molecular flexibility index (Phi) is 3.85. The molecule has 5 aromatic rings. The smallest absolute Gasteiger partial charge is 0.262 e. The van der Waals surface area contributed by atoms with Crippen molar-refractivity contribution in [2.45, 2.75) is 5.54 Å². The van der Waals surface area contributed by atoms with Crippen LogP contribution < -0.4 is 9.47 Å². The fourth-order valence-corrected chi connectivity index (χ4v) is 4.24. The molecule has 0 saturated carbocycles. The summed E-state index contributed by atoms with van der Waals surface area (Å²) in [5.74, 6) is -0.0627. The predicted molar refractivity (Wildman–Crippen MR) is 120 cm³/mol. The first-order valence-corrected chi connectivity index (χ1v) is 9.86. The summed E-state index contributed by atoms with van der Waals surface area (Å²) in [7, 11) is -2.69. The summed E-state index contributed by atoms with van der Waals surface area (Å²) in [4.78, 5) is 0. The second-order valence-electron chi connectivity index (χ2n) is 7.24. The van der Waals surface area contributed by atoms with E-state index in [4.69, 9.17) is 13.9 Å². The summed E-state index contributed by atoms with van der Waals surface area (Å²) in [6.07, 6.45) is 2.60. The average Bonchev–Trinajstić information content (AvgIpc) is 3.25. The Hall–Kier alpha value is -4.12. The molecule has 0 aliphatic rings. The van der Waals surface area contributed by atoms with E-state index in [1.807, 2.05) is 91.0 Å². The van der Waals surface area contributed by atoms with E-state index in [0.717, 1.165) is 22.9 Å². The van der Waals surface area contributed by atoms with E-state index >= 15 is 0 Å². The van der Waals surface area contributed by atoms with Gasteiger partial charge in [0.2, 0.25) is 6.20 Å². The number of methoxy groups -OCH3 is 1. The Balaban J connectivity index is 1.90. The van der Waals surface area contributed by atoms with Crippen LogP contribution in [0.2, 0.25) is 0 Å². The molecule has 0 saturated heterocycles. The monoisotopic (exact) mass is 410 g/mol. The number of aromatic nitrogens is 3. The minimum Gasteiger partial charge on any atom is -0.618 e. The molecule has 0 atom stereocenters. The molecule has 0 fully saturated rings. The molecular formula is C26H21N3O2. The molecule has 5 heteroatoms. The minimum atomic E-state index is -2.69. The van der Waals surface area contributed by atoms with Crippen LogP contribution in [0.15, 0.2) is 109 Å². The van der Waals surface area contributed by atoms with Gasteiger partial charge in [-0.05, 0) is 16.7 Å². The first-order valence-electron chi connectivity index (χ1n) is 11.4. The molecule has 2 heterocycles. The van der Waals surface area contributed by atoms with Crippen LogP contribution in [0.3, 0.4) is 0 Å². The molecule has 3 aromatic carbocycles. The van der Waals surface area contributed by atoms with E-state index in [1.54, 1.807) is 10.7 Å². The van der Waals surface area contributed by atoms with Crippen LogP contribution in [0.1, 0.15) is 20.8 Å². The van der Waals surface area contributed by atoms with Gasteiger partial charge in [0.15, 0.2) is 5.75 Å². The highest BCUT2D eigenvalue weighted by molar-refractivity contribution is 5.74. The van der Waals surface area contributed by atoms with Gasteiger partial charge in [0, 0.05) is 6.07 Å². The van der Waals surface area contributed by atoms with Gasteiger partial charge in [-0.3, -0.25) is 0 Å². The lowest BCUT2D eigenvalue weighted by Crippen LogP contribution is -2.39. The molecule has 31 heavy (non-hydrogen) atoms. The third-order valence-electron chi connectivity index (χ3n) is 5.56. The van der Waals surface area contributed by atoms with Crippen molar-refractivity contribution in [1.82, 2.24) is 9.78 Å². The first kappa shape index (κ1) is 15.7. The molecule has 0 unspecified atom stereocenters. The minimum absolute atomic E-state index is 0.0627. The van der Waals surface area contributed by atoms with Crippen molar-refractivity contribution < 1.29 is 13.6 Å². The number of rotatable bonds is 5. The van der Waals surface area contributed by atoms with E-state index in [-0.39, 0.29) is 5.75 Å². The van der Waals surface area contributed by atoms with Gasteiger partial charge < -0.3 is 9.94 Å². The fourth-order valence-electron chi connectivity index (χ4n) is 4.24. The lowest BCUT2D eigenvalue weighted by Gasteiger charge is -2.36. The summed E-state index contributed by atoms with van der Waals surface area (Å²) in [5, 5.41) is 17.5. The number of nitrogens with zero attached hydrogens (tertiary/aromatic N) is 3. The Morgan fingerprint density at radius 2 is 1.39 bits per heavy atom. The predicted octanol–water partition coefficient (Wildman–Crippen LogP) is 4.52. The van der Waals surface area contributed by atoms with Gasteiger partial charge in [0.25, 0.3) is 5.52 Å². The van der Waals surface area contributed by atoms with Crippen molar-refractivity contribution in [3.8, 4) is 5.75 Å². The van der Waals surface area contributed by atoms with Crippen molar-refractivity contribution in [2.24, 2.45) is 0 Å². The van der Waals surface area contributed by atoms with Gasteiger partial charge in [-0.15, -0.1) is 0 Å². The van der Waals surface area contributed by atoms with Crippen LogP contribution in [0.5, 0.6) is 5.75 Å². The highest BCUT2D eigenvalue weighted by Crippen LogP contribution is 2.42. The topological polar surface area (TPSA) is 54.0 Å². The fraction of sp³-hybridized carbons (Fsp3) is 0.0769. The zero-order valence-corrected chi connectivity index (χ0v) is 16.6. The number of ether oxygens (including phenoxy) is 1. The SMILES string of the molecule is [2H]C([2H])([2H])Oc1cc2c(cnn2C(c2ccccc2)(c2ccccc2)c2ccccc2)[n+]([O-])c1. The van der Waals surface area contributed by atoms with Gasteiger partial charge in [0.1, 0.15) is 17.3 Å². The van der Waals surface area contributed by atoms with E-state index in [2.05, 4.69) is 0 Å².